The van der Waals surface area contributed by atoms with Gasteiger partial charge < -0.3 is 10.5 Å². The molecule has 0 fully saturated rings. The molecule has 1 atom stereocenters. The van der Waals surface area contributed by atoms with Crippen LogP contribution < -0.4 is 5.73 Å². The standard InChI is InChI=1S/C7H15F2NO/c1-2-6(10)3-4-11-5-7(8)9/h6-7H,2-5,10H2,1H3. The van der Waals surface area contributed by atoms with Crippen molar-refractivity contribution in [3.05, 3.63) is 0 Å². The highest BCUT2D eigenvalue weighted by atomic mass is 19.3. The molecule has 2 nitrogen and oxygen atoms in total. The van der Waals surface area contributed by atoms with E-state index >= 15 is 0 Å². The molecule has 0 aliphatic carbocycles. The summed E-state index contributed by atoms with van der Waals surface area (Å²) in [5.74, 6) is 0. The van der Waals surface area contributed by atoms with Gasteiger partial charge in [0.15, 0.2) is 0 Å². The molecule has 2 N–H and O–H groups in total. The van der Waals surface area contributed by atoms with Crippen molar-refractivity contribution >= 4 is 0 Å². The lowest BCUT2D eigenvalue weighted by Gasteiger charge is -2.08. The third-order valence-electron chi connectivity index (χ3n) is 1.40. The molecule has 0 radical (unpaired) electrons. The first-order valence-electron chi connectivity index (χ1n) is 3.78. The first kappa shape index (κ1) is 10.8. The van der Waals surface area contributed by atoms with E-state index in [9.17, 15) is 8.78 Å². The van der Waals surface area contributed by atoms with Crippen LogP contribution in [0.5, 0.6) is 0 Å². The van der Waals surface area contributed by atoms with Crippen LogP contribution in [0.15, 0.2) is 0 Å². The Bertz CT molecular complexity index is 90.5. The van der Waals surface area contributed by atoms with Crippen molar-refractivity contribution in [2.75, 3.05) is 13.2 Å². The number of nitrogens with two attached hydrogens (primary N) is 1. The smallest absolute Gasteiger partial charge is 0.261 e. The number of hydrogen-bond donors (Lipinski definition) is 1. The van der Waals surface area contributed by atoms with E-state index in [-0.39, 0.29) is 6.04 Å². The lowest BCUT2D eigenvalue weighted by Crippen LogP contribution is -2.21. The molecule has 0 amide bonds. The Morgan fingerprint density at radius 3 is 2.55 bits per heavy atom. The van der Waals surface area contributed by atoms with Gasteiger partial charge >= 0.3 is 0 Å². The molecule has 0 heterocycles. The Morgan fingerprint density at radius 1 is 1.45 bits per heavy atom. The molecule has 0 aromatic heterocycles. The molecule has 0 rings (SSSR count). The van der Waals surface area contributed by atoms with Crippen LogP contribution in [0.25, 0.3) is 0 Å². The molecule has 0 aliphatic heterocycles. The van der Waals surface area contributed by atoms with Crippen LogP contribution in [0.2, 0.25) is 0 Å². The summed E-state index contributed by atoms with van der Waals surface area (Å²) in [5, 5.41) is 0. The fourth-order valence-electron chi connectivity index (χ4n) is 0.611. The van der Waals surface area contributed by atoms with Gasteiger partial charge in [-0.15, -0.1) is 0 Å². The van der Waals surface area contributed by atoms with Gasteiger partial charge in [0.25, 0.3) is 6.43 Å². The fraction of sp³-hybridized carbons (Fsp3) is 1.00. The largest absolute Gasteiger partial charge is 0.375 e. The Morgan fingerprint density at radius 2 is 2.09 bits per heavy atom. The van der Waals surface area contributed by atoms with Gasteiger partial charge in [-0.1, -0.05) is 6.92 Å². The molecular weight excluding hydrogens is 152 g/mol. The number of hydrogen-bond acceptors (Lipinski definition) is 2. The molecule has 0 saturated heterocycles. The van der Waals surface area contributed by atoms with Crippen LogP contribution >= 0.6 is 0 Å². The first-order chi connectivity index (χ1) is 5.16. The zero-order chi connectivity index (χ0) is 8.69. The van der Waals surface area contributed by atoms with Gasteiger partial charge in [-0.2, -0.15) is 0 Å². The SMILES string of the molecule is CCC(N)CCOCC(F)F. The van der Waals surface area contributed by atoms with Crippen LogP contribution in [0.1, 0.15) is 19.8 Å². The van der Waals surface area contributed by atoms with Gasteiger partial charge in [0.2, 0.25) is 0 Å². The minimum atomic E-state index is -2.37. The van der Waals surface area contributed by atoms with Crippen molar-refractivity contribution in [2.24, 2.45) is 5.73 Å². The molecule has 0 aromatic carbocycles. The summed E-state index contributed by atoms with van der Waals surface area (Å²) in [6, 6.07) is 0.0765. The summed E-state index contributed by atoms with van der Waals surface area (Å²) in [4.78, 5) is 0. The second-order valence-electron chi connectivity index (χ2n) is 2.42. The van der Waals surface area contributed by atoms with Gasteiger partial charge in [0.1, 0.15) is 6.61 Å². The highest BCUT2D eigenvalue weighted by molar-refractivity contribution is 4.56. The molecule has 0 aromatic rings. The van der Waals surface area contributed by atoms with E-state index in [1.54, 1.807) is 0 Å². The average Bonchev–Trinajstić information content (AvgIpc) is 1.97. The van der Waals surface area contributed by atoms with Gasteiger partial charge in [0.05, 0.1) is 0 Å². The number of rotatable bonds is 6. The monoisotopic (exact) mass is 167 g/mol. The van der Waals surface area contributed by atoms with E-state index in [4.69, 9.17) is 5.73 Å². The Kier molecular flexibility index (Phi) is 6.36. The fourth-order valence-corrected chi connectivity index (χ4v) is 0.611. The summed E-state index contributed by atoms with van der Waals surface area (Å²) < 4.78 is 27.6. The second kappa shape index (κ2) is 6.49. The van der Waals surface area contributed by atoms with Crippen molar-refractivity contribution in [1.29, 1.82) is 0 Å². The minimum absolute atomic E-state index is 0.0765. The van der Waals surface area contributed by atoms with E-state index in [2.05, 4.69) is 4.74 Å². The highest BCUT2D eigenvalue weighted by Crippen LogP contribution is 1.96. The van der Waals surface area contributed by atoms with E-state index in [0.29, 0.717) is 13.0 Å². The molecule has 4 heteroatoms. The van der Waals surface area contributed by atoms with Gasteiger partial charge in [-0.3, -0.25) is 0 Å². The normalized spacial score (nSPS) is 13.9. The molecular formula is C7H15F2NO. The summed E-state index contributed by atoms with van der Waals surface area (Å²) in [5.41, 5.74) is 5.52. The van der Waals surface area contributed by atoms with Crippen LogP contribution in [-0.2, 0) is 4.74 Å². The van der Waals surface area contributed by atoms with Gasteiger partial charge in [0, 0.05) is 12.6 Å². The summed E-state index contributed by atoms with van der Waals surface area (Å²) in [7, 11) is 0. The zero-order valence-electron chi connectivity index (χ0n) is 6.72. The molecule has 0 aliphatic rings. The molecule has 11 heavy (non-hydrogen) atoms. The maximum atomic E-state index is 11.5. The van der Waals surface area contributed by atoms with Crippen molar-refractivity contribution in [2.45, 2.75) is 32.2 Å². The molecule has 0 saturated carbocycles. The van der Waals surface area contributed by atoms with Crippen molar-refractivity contribution in [1.82, 2.24) is 0 Å². The minimum Gasteiger partial charge on any atom is -0.375 e. The Balaban J connectivity index is 3.01. The Labute approximate surface area is 65.7 Å². The van der Waals surface area contributed by atoms with Crippen LogP contribution in [0.4, 0.5) is 8.78 Å². The van der Waals surface area contributed by atoms with Crippen molar-refractivity contribution in [3.8, 4) is 0 Å². The second-order valence-corrected chi connectivity index (χ2v) is 2.42. The average molecular weight is 167 g/mol. The molecule has 0 bridgehead atoms. The maximum absolute atomic E-state index is 11.5. The third-order valence-corrected chi connectivity index (χ3v) is 1.40. The van der Waals surface area contributed by atoms with E-state index in [0.717, 1.165) is 6.42 Å². The van der Waals surface area contributed by atoms with Crippen LogP contribution in [0, 0.1) is 0 Å². The summed E-state index contributed by atoms with van der Waals surface area (Å²) in [6.07, 6.45) is -0.853. The van der Waals surface area contributed by atoms with Crippen LogP contribution in [0.3, 0.4) is 0 Å². The molecule has 68 valence electrons. The van der Waals surface area contributed by atoms with Crippen molar-refractivity contribution < 1.29 is 13.5 Å². The summed E-state index contributed by atoms with van der Waals surface area (Å²) in [6.45, 7) is 1.81. The van der Waals surface area contributed by atoms with Crippen LogP contribution in [-0.4, -0.2) is 25.7 Å². The zero-order valence-corrected chi connectivity index (χ0v) is 6.72. The third kappa shape index (κ3) is 7.68. The van der Waals surface area contributed by atoms with E-state index in [1.807, 2.05) is 6.92 Å². The Hall–Kier alpha value is -0.220. The molecule has 1 unspecified atom stereocenters. The first-order valence-corrected chi connectivity index (χ1v) is 3.78. The van der Waals surface area contributed by atoms with E-state index < -0.39 is 13.0 Å². The number of alkyl halides is 2. The van der Waals surface area contributed by atoms with Gasteiger partial charge in [-0.25, -0.2) is 8.78 Å². The number of halogens is 2. The topological polar surface area (TPSA) is 35.2 Å². The lowest BCUT2D eigenvalue weighted by atomic mass is 10.2. The summed E-state index contributed by atoms with van der Waals surface area (Å²) >= 11 is 0. The number of ether oxygens (including phenoxy) is 1. The maximum Gasteiger partial charge on any atom is 0.261 e. The van der Waals surface area contributed by atoms with Crippen molar-refractivity contribution in [3.63, 3.8) is 0 Å². The predicted octanol–water partition coefficient (Wildman–Crippen LogP) is 1.40. The van der Waals surface area contributed by atoms with E-state index in [1.165, 1.54) is 0 Å². The predicted molar refractivity (Wildman–Crippen MR) is 39.7 cm³/mol. The highest BCUT2D eigenvalue weighted by Gasteiger charge is 2.02. The lowest BCUT2D eigenvalue weighted by molar-refractivity contribution is 0.0152. The quantitative estimate of drug-likeness (QED) is 0.607. The molecule has 0 spiro atoms. The van der Waals surface area contributed by atoms with Gasteiger partial charge in [-0.05, 0) is 12.8 Å².